The second kappa shape index (κ2) is 4.35. The first-order chi connectivity index (χ1) is 10.2. The highest BCUT2D eigenvalue weighted by atomic mass is 16.5. The maximum absolute atomic E-state index is 6.26. The topological polar surface area (TPSA) is 12.5 Å². The smallest absolute Gasteiger partial charge is 0.148 e. The Labute approximate surface area is 126 Å². The summed E-state index contributed by atoms with van der Waals surface area (Å²) in [7, 11) is 0. The van der Waals surface area contributed by atoms with Crippen molar-refractivity contribution < 1.29 is 4.74 Å². The van der Waals surface area contributed by atoms with Crippen molar-refractivity contribution >= 4 is 5.69 Å². The average molecular weight is 279 g/mol. The van der Waals surface area contributed by atoms with Crippen LogP contribution < -0.4 is 4.90 Å². The third kappa shape index (κ3) is 1.63. The van der Waals surface area contributed by atoms with Gasteiger partial charge in [-0.05, 0) is 30.5 Å². The summed E-state index contributed by atoms with van der Waals surface area (Å²) in [5, 5.41) is 0. The number of nitrogens with zero attached hydrogens (tertiary/aromatic N) is 1. The summed E-state index contributed by atoms with van der Waals surface area (Å²) in [5.41, 5.74) is 3.92. The molecule has 2 aliphatic heterocycles. The minimum atomic E-state index is -0.244. The van der Waals surface area contributed by atoms with Crippen LogP contribution in [0.2, 0.25) is 0 Å². The van der Waals surface area contributed by atoms with Crippen molar-refractivity contribution in [1.82, 2.24) is 0 Å². The second-order valence-corrected chi connectivity index (χ2v) is 6.50. The highest BCUT2D eigenvalue weighted by molar-refractivity contribution is 5.66. The van der Waals surface area contributed by atoms with Gasteiger partial charge in [-0.3, -0.25) is 0 Å². The summed E-state index contributed by atoms with van der Waals surface area (Å²) in [6.45, 7) is 6.34. The Morgan fingerprint density at radius 3 is 2.52 bits per heavy atom. The van der Waals surface area contributed by atoms with Crippen molar-refractivity contribution in [2.45, 2.75) is 38.0 Å². The summed E-state index contributed by atoms with van der Waals surface area (Å²) in [4.78, 5) is 2.45. The Bertz CT molecular complexity index is 668. The molecule has 0 aliphatic carbocycles. The average Bonchev–Trinajstić information content (AvgIpc) is 2.91. The Morgan fingerprint density at radius 1 is 1.00 bits per heavy atom. The normalized spacial score (nSPS) is 30.3. The van der Waals surface area contributed by atoms with Gasteiger partial charge in [0.15, 0.2) is 0 Å². The lowest BCUT2D eigenvalue weighted by Gasteiger charge is -2.41. The number of hydrogen-bond donors (Lipinski definition) is 0. The molecule has 0 saturated carbocycles. The molecule has 2 heterocycles. The lowest BCUT2D eigenvalue weighted by molar-refractivity contribution is -0.00899. The number of hydrogen-bond acceptors (Lipinski definition) is 2. The van der Waals surface area contributed by atoms with E-state index in [2.05, 4.69) is 73.3 Å². The molecule has 2 nitrogen and oxygen atoms in total. The maximum Gasteiger partial charge on any atom is 0.148 e. The molecule has 1 fully saturated rings. The Balaban J connectivity index is 1.82. The largest absolute Gasteiger partial charge is 0.355 e. The van der Waals surface area contributed by atoms with Gasteiger partial charge >= 0.3 is 0 Å². The highest BCUT2D eigenvalue weighted by Crippen LogP contribution is 2.57. The van der Waals surface area contributed by atoms with Crippen molar-refractivity contribution in [3.8, 4) is 0 Å². The fourth-order valence-corrected chi connectivity index (χ4v) is 4.01. The molecular weight excluding hydrogens is 258 g/mol. The minimum Gasteiger partial charge on any atom is -0.355 e. The first kappa shape index (κ1) is 12.9. The van der Waals surface area contributed by atoms with E-state index >= 15 is 0 Å². The van der Waals surface area contributed by atoms with Crippen LogP contribution in [0, 0.1) is 0 Å². The fraction of sp³-hybridized carbons (Fsp3) is 0.368. The standard InChI is InChI=1S/C19H21NO/c1-18-12-13-21-19(18,2)20(14-15-8-4-3-5-9-15)17-11-7-6-10-16(17)18/h3-11H,12-14H2,1-2H3/t18-,19+/m1/s1. The predicted octanol–water partition coefficient (Wildman–Crippen LogP) is 4.10. The SMILES string of the molecule is C[C@]12CCO[C@]1(C)N(Cc1ccccc1)c1ccccc12. The molecule has 2 heteroatoms. The van der Waals surface area contributed by atoms with Gasteiger partial charge in [-0.15, -0.1) is 0 Å². The third-order valence-corrected chi connectivity index (χ3v) is 5.50. The third-order valence-electron chi connectivity index (χ3n) is 5.50. The Kier molecular flexibility index (Phi) is 2.67. The molecular formula is C19H21NO. The highest BCUT2D eigenvalue weighted by Gasteiger charge is 2.60. The van der Waals surface area contributed by atoms with Crippen LogP contribution in [0.5, 0.6) is 0 Å². The van der Waals surface area contributed by atoms with E-state index in [0.717, 1.165) is 19.6 Å². The van der Waals surface area contributed by atoms with Gasteiger partial charge in [0, 0.05) is 17.6 Å². The van der Waals surface area contributed by atoms with Crippen LogP contribution in [0.3, 0.4) is 0 Å². The molecule has 0 unspecified atom stereocenters. The van der Waals surface area contributed by atoms with Crippen LogP contribution in [-0.2, 0) is 16.7 Å². The minimum absolute atomic E-state index is 0.0817. The zero-order valence-corrected chi connectivity index (χ0v) is 12.7. The van der Waals surface area contributed by atoms with Gasteiger partial charge in [-0.2, -0.15) is 0 Å². The molecule has 1 saturated heterocycles. The number of benzene rings is 2. The number of rotatable bonds is 2. The fourth-order valence-electron chi connectivity index (χ4n) is 4.01. The number of anilines is 1. The van der Waals surface area contributed by atoms with E-state index in [1.54, 1.807) is 0 Å². The molecule has 0 spiro atoms. The molecule has 2 aromatic rings. The Hall–Kier alpha value is -1.80. The number of para-hydroxylation sites is 1. The van der Waals surface area contributed by atoms with Gasteiger partial charge < -0.3 is 9.64 Å². The molecule has 108 valence electrons. The van der Waals surface area contributed by atoms with E-state index in [1.165, 1.54) is 16.8 Å². The van der Waals surface area contributed by atoms with E-state index in [4.69, 9.17) is 4.74 Å². The van der Waals surface area contributed by atoms with Gasteiger partial charge in [-0.25, -0.2) is 0 Å². The summed E-state index contributed by atoms with van der Waals surface area (Å²) in [6, 6.07) is 19.4. The molecule has 21 heavy (non-hydrogen) atoms. The maximum atomic E-state index is 6.26. The van der Waals surface area contributed by atoms with E-state index in [0.29, 0.717) is 0 Å². The molecule has 2 atom stereocenters. The van der Waals surface area contributed by atoms with Gasteiger partial charge in [0.05, 0.1) is 6.61 Å². The molecule has 0 N–H and O–H groups in total. The van der Waals surface area contributed by atoms with Crippen molar-refractivity contribution in [2.24, 2.45) is 0 Å². The molecule has 0 radical (unpaired) electrons. The van der Waals surface area contributed by atoms with Gasteiger partial charge in [0.1, 0.15) is 5.72 Å². The monoisotopic (exact) mass is 279 g/mol. The molecule has 4 rings (SSSR count). The van der Waals surface area contributed by atoms with Crippen LogP contribution in [0.15, 0.2) is 54.6 Å². The lowest BCUT2D eigenvalue weighted by atomic mass is 9.76. The number of ether oxygens (including phenoxy) is 1. The quantitative estimate of drug-likeness (QED) is 0.820. The van der Waals surface area contributed by atoms with Crippen molar-refractivity contribution in [2.75, 3.05) is 11.5 Å². The van der Waals surface area contributed by atoms with E-state index in [-0.39, 0.29) is 11.1 Å². The molecule has 2 aromatic carbocycles. The van der Waals surface area contributed by atoms with Crippen LogP contribution >= 0.6 is 0 Å². The van der Waals surface area contributed by atoms with Gasteiger partial charge in [0.2, 0.25) is 0 Å². The second-order valence-electron chi connectivity index (χ2n) is 6.50. The zero-order valence-electron chi connectivity index (χ0n) is 12.7. The lowest BCUT2D eigenvalue weighted by Crippen LogP contribution is -2.52. The van der Waals surface area contributed by atoms with Crippen LogP contribution in [0.4, 0.5) is 5.69 Å². The summed E-state index contributed by atoms with van der Waals surface area (Å²) in [6.07, 6.45) is 1.09. The van der Waals surface area contributed by atoms with Crippen LogP contribution in [-0.4, -0.2) is 12.3 Å². The van der Waals surface area contributed by atoms with Crippen molar-refractivity contribution in [3.05, 3.63) is 65.7 Å². The first-order valence-corrected chi connectivity index (χ1v) is 7.70. The molecule has 0 aromatic heterocycles. The van der Waals surface area contributed by atoms with Gasteiger partial charge in [-0.1, -0.05) is 55.5 Å². The van der Waals surface area contributed by atoms with Crippen molar-refractivity contribution in [3.63, 3.8) is 0 Å². The van der Waals surface area contributed by atoms with Crippen molar-refractivity contribution in [1.29, 1.82) is 0 Å². The van der Waals surface area contributed by atoms with E-state index < -0.39 is 0 Å². The summed E-state index contributed by atoms with van der Waals surface area (Å²) < 4.78 is 6.26. The molecule has 2 aliphatic rings. The van der Waals surface area contributed by atoms with E-state index in [1.807, 2.05) is 0 Å². The zero-order chi connectivity index (χ0) is 14.5. The summed E-state index contributed by atoms with van der Waals surface area (Å²) >= 11 is 0. The summed E-state index contributed by atoms with van der Waals surface area (Å²) in [5.74, 6) is 0. The number of fused-ring (bicyclic) bond motifs is 3. The molecule has 0 bridgehead atoms. The predicted molar refractivity (Wildman–Crippen MR) is 85.4 cm³/mol. The Morgan fingerprint density at radius 2 is 1.71 bits per heavy atom. The van der Waals surface area contributed by atoms with E-state index in [9.17, 15) is 0 Å². The van der Waals surface area contributed by atoms with Gasteiger partial charge in [0.25, 0.3) is 0 Å². The van der Waals surface area contributed by atoms with Crippen LogP contribution in [0.25, 0.3) is 0 Å². The first-order valence-electron chi connectivity index (χ1n) is 7.70. The van der Waals surface area contributed by atoms with Crippen LogP contribution in [0.1, 0.15) is 31.4 Å². The molecule has 0 amide bonds.